The summed E-state index contributed by atoms with van der Waals surface area (Å²) in [6, 6.07) is 8.22. The second-order valence-electron chi connectivity index (χ2n) is 6.72. The van der Waals surface area contributed by atoms with Crippen molar-refractivity contribution in [3.63, 3.8) is 0 Å². The third-order valence-electron chi connectivity index (χ3n) is 4.47. The van der Waals surface area contributed by atoms with Crippen LogP contribution in [0.1, 0.15) is 38.9 Å². The molecule has 0 unspecified atom stereocenters. The molecule has 0 saturated carbocycles. The summed E-state index contributed by atoms with van der Waals surface area (Å²) in [5, 5.41) is 0. The van der Waals surface area contributed by atoms with E-state index in [9.17, 15) is 4.79 Å². The van der Waals surface area contributed by atoms with Crippen molar-refractivity contribution in [2.24, 2.45) is 5.41 Å². The van der Waals surface area contributed by atoms with Gasteiger partial charge in [-0.15, -0.1) is 0 Å². The second kappa shape index (κ2) is 3.81. The van der Waals surface area contributed by atoms with Gasteiger partial charge >= 0.3 is 0 Å². The molecular weight excluding hydrogens is 248 g/mol. The van der Waals surface area contributed by atoms with Crippen LogP contribution in [0, 0.1) is 5.41 Å². The van der Waals surface area contributed by atoms with E-state index in [2.05, 4.69) is 30.5 Å². The number of carbonyl (C=O) groups is 1. The number of para-hydroxylation sites is 2. The average Bonchev–Trinajstić information content (AvgIpc) is 2.75. The number of ketones is 1. The zero-order valence-corrected chi connectivity index (χ0v) is 11.9. The van der Waals surface area contributed by atoms with E-state index in [1.165, 1.54) is 5.70 Å². The molecule has 3 heteroatoms. The van der Waals surface area contributed by atoms with Gasteiger partial charge in [0.15, 0.2) is 5.78 Å². The maximum Gasteiger partial charge on any atom is 0.161 e. The van der Waals surface area contributed by atoms with Gasteiger partial charge in [-0.3, -0.25) is 9.36 Å². The van der Waals surface area contributed by atoms with Gasteiger partial charge in [-0.2, -0.15) is 0 Å². The lowest BCUT2D eigenvalue weighted by molar-refractivity contribution is -0.118. The minimum atomic E-state index is 0.0515. The summed E-state index contributed by atoms with van der Waals surface area (Å²) >= 11 is 0. The standard InChI is InChI=1S/C17H18N2O/c1-17(2)9-14-11(15(20)10-17)7-8-16-18-12-5-3-4-6-13(12)19(14)16/h3-6H,7-10H2,1-2H3. The highest BCUT2D eigenvalue weighted by Crippen LogP contribution is 2.43. The molecule has 1 aliphatic carbocycles. The number of aromatic nitrogens is 2. The van der Waals surface area contributed by atoms with Crippen LogP contribution in [-0.2, 0) is 11.2 Å². The summed E-state index contributed by atoms with van der Waals surface area (Å²) in [5.74, 6) is 1.44. The average molecular weight is 266 g/mol. The summed E-state index contributed by atoms with van der Waals surface area (Å²) in [6.45, 7) is 4.37. The van der Waals surface area contributed by atoms with Crippen molar-refractivity contribution in [2.45, 2.75) is 39.5 Å². The predicted octanol–water partition coefficient (Wildman–Crippen LogP) is 3.58. The number of hydrogen-bond acceptors (Lipinski definition) is 2. The minimum absolute atomic E-state index is 0.0515. The highest BCUT2D eigenvalue weighted by Gasteiger charge is 2.36. The van der Waals surface area contributed by atoms with E-state index in [1.807, 2.05) is 12.1 Å². The molecule has 0 amide bonds. The van der Waals surface area contributed by atoms with Gasteiger partial charge in [-0.25, -0.2) is 4.98 Å². The number of imidazole rings is 1. The van der Waals surface area contributed by atoms with Crippen LogP contribution in [0.4, 0.5) is 0 Å². The first kappa shape index (κ1) is 11.9. The summed E-state index contributed by atoms with van der Waals surface area (Å²) in [6.07, 6.45) is 3.36. The largest absolute Gasteiger partial charge is 0.300 e. The van der Waals surface area contributed by atoms with Gasteiger partial charge in [-0.1, -0.05) is 26.0 Å². The molecule has 2 aliphatic rings. The van der Waals surface area contributed by atoms with Gasteiger partial charge in [0.2, 0.25) is 0 Å². The first-order chi connectivity index (χ1) is 9.55. The Morgan fingerprint density at radius 1 is 1.15 bits per heavy atom. The van der Waals surface area contributed by atoms with Crippen LogP contribution in [-0.4, -0.2) is 15.3 Å². The van der Waals surface area contributed by atoms with Crippen molar-refractivity contribution >= 4 is 22.5 Å². The zero-order valence-electron chi connectivity index (χ0n) is 11.9. The van der Waals surface area contributed by atoms with E-state index in [0.29, 0.717) is 12.2 Å². The van der Waals surface area contributed by atoms with Gasteiger partial charge < -0.3 is 0 Å². The third-order valence-corrected chi connectivity index (χ3v) is 4.47. The van der Waals surface area contributed by atoms with E-state index in [0.717, 1.165) is 41.7 Å². The van der Waals surface area contributed by atoms with Crippen LogP contribution >= 0.6 is 0 Å². The molecule has 2 aromatic rings. The Kier molecular flexibility index (Phi) is 2.27. The monoisotopic (exact) mass is 266 g/mol. The number of benzene rings is 1. The number of hydrogen-bond donors (Lipinski definition) is 0. The molecule has 20 heavy (non-hydrogen) atoms. The van der Waals surface area contributed by atoms with E-state index < -0.39 is 0 Å². The fraction of sp³-hybridized carbons (Fsp3) is 0.412. The van der Waals surface area contributed by atoms with Crippen LogP contribution in [0.2, 0.25) is 0 Å². The first-order valence-corrected chi connectivity index (χ1v) is 7.27. The van der Waals surface area contributed by atoms with Crippen LogP contribution in [0.25, 0.3) is 16.7 Å². The summed E-state index contributed by atoms with van der Waals surface area (Å²) in [4.78, 5) is 17.2. The van der Waals surface area contributed by atoms with Gasteiger partial charge in [0.1, 0.15) is 5.82 Å². The number of Topliss-reactive ketones (excluding diaryl/α,β-unsaturated/α-hetero) is 1. The Labute approximate surface area is 118 Å². The SMILES string of the molecule is CC1(C)CC(=O)C2=C(C1)n1c(nc3ccccc31)CC2. The lowest BCUT2D eigenvalue weighted by Crippen LogP contribution is -2.30. The minimum Gasteiger partial charge on any atom is -0.300 e. The second-order valence-corrected chi connectivity index (χ2v) is 6.72. The molecule has 102 valence electrons. The number of carbonyl (C=O) groups excluding carboxylic acids is 1. The number of aryl methyl sites for hydroxylation is 1. The quantitative estimate of drug-likeness (QED) is 0.730. The zero-order chi connectivity index (χ0) is 13.9. The number of rotatable bonds is 0. The molecule has 4 rings (SSSR count). The van der Waals surface area contributed by atoms with E-state index in [4.69, 9.17) is 4.98 Å². The summed E-state index contributed by atoms with van der Waals surface area (Å²) < 4.78 is 2.24. The van der Waals surface area contributed by atoms with Crippen molar-refractivity contribution in [3.05, 3.63) is 35.7 Å². The normalized spacial score (nSPS) is 21.0. The van der Waals surface area contributed by atoms with Crippen molar-refractivity contribution in [2.75, 3.05) is 0 Å². The van der Waals surface area contributed by atoms with Crippen LogP contribution in [0.15, 0.2) is 29.8 Å². The molecule has 0 radical (unpaired) electrons. The molecule has 0 N–H and O–H groups in total. The Bertz CT molecular complexity index is 764. The fourth-order valence-corrected chi connectivity index (χ4v) is 3.60. The van der Waals surface area contributed by atoms with Gasteiger partial charge in [0, 0.05) is 24.1 Å². The van der Waals surface area contributed by atoms with Gasteiger partial charge in [-0.05, 0) is 30.4 Å². The van der Waals surface area contributed by atoms with E-state index in [1.54, 1.807) is 0 Å². The van der Waals surface area contributed by atoms with Crippen molar-refractivity contribution in [1.82, 2.24) is 9.55 Å². The third kappa shape index (κ3) is 1.59. The maximum atomic E-state index is 12.4. The Hall–Kier alpha value is -1.90. The van der Waals surface area contributed by atoms with Crippen LogP contribution in [0.5, 0.6) is 0 Å². The molecular formula is C17H18N2O. The molecule has 0 saturated heterocycles. The molecule has 1 aliphatic heterocycles. The number of allylic oxidation sites excluding steroid dienone is 2. The topological polar surface area (TPSA) is 34.9 Å². The smallest absolute Gasteiger partial charge is 0.161 e. The van der Waals surface area contributed by atoms with Gasteiger partial charge in [0.05, 0.1) is 11.0 Å². The van der Waals surface area contributed by atoms with Crippen LogP contribution in [0.3, 0.4) is 0 Å². The lowest BCUT2D eigenvalue weighted by Gasteiger charge is -2.35. The number of fused-ring (bicyclic) bond motifs is 4. The molecule has 2 heterocycles. The van der Waals surface area contributed by atoms with Crippen molar-refractivity contribution in [3.8, 4) is 0 Å². The molecule has 0 fully saturated rings. The van der Waals surface area contributed by atoms with Crippen molar-refractivity contribution < 1.29 is 4.79 Å². The van der Waals surface area contributed by atoms with E-state index in [-0.39, 0.29) is 5.41 Å². The number of nitrogens with zero attached hydrogens (tertiary/aromatic N) is 2. The fourth-order valence-electron chi connectivity index (χ4n) is 3.60. The van der Waals surface area contributed by atoms with Crippen LogP contribution < -0.4 is 0 Å². The van der Waals surface area contributed by atoms with E-state index >= 15 is 0 Å². The summed E-state index contributed by atoms with van der Waals surface area (Å²) in [5.41, 5.74) is 4.46. The molecule has 1 aromatic heterocycles. The predicted molar refractivity (Wildman–Crippen MR) is 79.3 cm³/mol. The molecule has 0 bridgehead atoms. The van der Waals surface area contributed by atoms with Gasteiger partial charge in [0.25, 0.3) is 0 Å². The lowest BCUT2D eigenvalue weighted by atomic mass is 9.74. The Morgan fingerprint density at radius 3 is 2.80 bits per heavy atom. The summed E-state index contributed by atoms with van der Waals surface area (Å²) in [7, 11) is 0. The Morgan fingerprint density at radius 2 is 1.95 bits per heavy atom. The van der Waals surface area contributed by atoms with Crippen molar-refractivity contribution in [1.29, 1.82) is 0 Å². The molecule has 0 spiro atoms. The first-order valence-electron chi connectivity index (χ1n) is 7.27. The Balaban J connectivity index is 2.01. The highest BCUT2D eigenvalue weighted by molar-refractivity contribution is 6.03. The maximum absolute atomic E-state index is 12.4. The molecule has 0 atom stereocenters. The highest BCUT2D eigenvalue weighted by atomic mass is 16.1. The molecule has 3 nitrogen and oxygen atoms in total. The molecule has 1 aromatic carbocycles.